The minimum absolute atomic E-state index is 0.0182. The van der Waals surface area contributed by atoms with Crippen molar-refractivity contribution >= 4 is 17.7 Å². The first-order valence-electron chi connectivity index (χ1n) is 8.71. The molecule has 0 aromatic heterocycles. The predicted octanol–water partition coefficient (Wildman–Crippen LogP) is 3.04. The Balaban J connectivity index is 1.61. The third-order valence-electron chi connectivity index (χ3n) is 5.67. The first-order valence-corrected chi connectivity index (χ1v) is 9.65. The highest BCUT2D eigenvalue weighted by atomic mass is 32.2. The van der Waals surface area contributed by atoms with Crippen LogP contribution in [-0.2, 0) is 14.3 Å². The number of thioether (sulfide) groups is 1. The van der Waals surface area contributed by atoms with E-state index in [9.17, 15) is 4.79 Å². The molecule has 24 heavy (non-hydrogen) atoms. The molecule has 4 nitrogen and oxygen atoms in total. The number of ether oxygens (including phenoxy) is 2. The van der Waals surface area contributed by atoms with Gasteiger partial charge in [0.25, 0.3) is 0 Å². The molecular weight excluding hydrogens is 322 g/mol. The summed E-state index contributed by atoms with van der Waals surface area (Å²) >= 11 is 2.05. The Hall–Kier alpha value is -1.04. The minimum atomic E-state index is -0.110. The van der Waals surface area contributed by atoms with Crippen LogP contribution >= 0.6 is 11.8 Å². The summed E-state index contributed by atoms with van der Waals surface area (Å²) in [5.74, 6) is 0.714. The molecule has 1 aromatic carbocycles. The lowest BCUT2D eigenvalue weighted by Gasteiger charge is -2.44. The summed E-state index contributed by atoms with van der Waals surface area (Å²) in [5, 5.41) is 0.919. The van der Waals surface area contributed by atoms with Gasteiger partial charge in [0.05, 0.1) is 12.6 Å². The van der Waals surface area contributed by atoms with E-state index in [4.69, 9.17) is 9.47 Å². The first-order chi connectivity index (χ1) is 11.6. The van der Waals surface area contributed by atoms with Gasteiger partial charge in [-0.3, -0.25) is 9.69 Å². The molecule has 0 amide bonds. The van der Waals surface area contributed by atoms with Crippen LogP contribution in [0.1, 0.15) is 34.5 Å². The summed E-state index contributed by atoms with van der Waals surface area (Å²) in [5.41, 5.74) is 2.91. The summed E-state index contributed by atoms with van der Waals surface area (Å²) in [4.78, 5) is 14.1. The van der Waals surface area contributed by atoms with Gasteiger partial charge in [0.1, 0.15) is 6.10 Å². The van der Waals surface area contributed by atoms with Crippen LogP contribution in [0.15, 0.2) is 24.3 Å². The second-order valence-corrected chi connectivity index (χ2v) is 8.67. The average Bonchev–Trinajstić information content (AvgIpc) is 3.12. The molecule has 1 aromatic rings. The highest BCUT2D eigenvalue weighted by Gasteiger charge is 2.59. The number of methoxy groups -OCH3 is 1. The van der Waals surface area contributed by atoms with Crippen LogP contribution in [0.3, 0.4) is 0 Å². The maximum Gasteiger partial charge on any atom is 0.320 e. The topological polar surface area (TPSA) is 38.8 Å². The summed E-state index contributed by atoms with van der Waals surface area (Å²) in [7, 11) is 5.62. The van der Waals surface area contributed by atoms with Crippen LogP contribution in [0.4, 0.5) is 0 Å². The van der Waals surface area contributed by atoms with Gasteiger partial charge >= 0.3 is 5.97 Å². The monoisotopic (exact) mass is 347 g/mol. The van der Waals surface area contributed by atoms with Crippen LogP contribution < -0.4 is 0 Å². The molecule has 1 saturated carbocycles. The van der Waals surface area contributed by atoms with Crippen molar-refractivity contribution in [2.75, 3.05) is 27.7 Å². The second kappa shape index (κ2) is 6.36. The van der Waals surface area contributed by atoms with E-state index in [0.717, 1.165) is 12.8 Å². The molecule has 2 fully saturated rings. The summed E-state index contributed by atoms with van der Waals surface area (Å²) in [6.45, 7) is 0.347. The van der Waals surface area contributed by atoms with Crippen molar-refractivity contribution in [2.24, 2.45) is 11.8 Å². The molecule has 1 aliphatic carbocycles. The molecule has 130 valence electrons. The van der Waals surface area contributed by atoms with Crippen LogP contribution in [0.2, 0.25) is 0 Å². The zero-order chi connectivity index (χ0) is 16.8. The quantitative estimate of drug-likeness (QED) is 0.783. The minimum Gasteiger partial charge on any atom is -0.461 e. The lowest BCUT2D eigenvalue weighted by molar-refractivity contribution is -0.160. The first kappa shape index (κ1) is 16.4. The molecule has 4 rings (SSSR count). The zero-order valence-corrected chi connectivity index (χ0v) is 15.3. The number of hydrogen-bond donors (Lipinski definition) is 0. The number of nitrogens with zero attached hydrogens (tertiary/aromatic N) is 1. The smallest absolute Gasteiger partial charge is 0.320 e. The maximum atomic E-state index is 12.2. The largest absolute Gasteiger partial charge is 0.461 e. The third kappa shape index (κ3) is 2.57. The number of esters is 1. The lowest BCUT2D eigenvalue weighted by atomic mass is 9.66. The number of rotatable bonds is 4. The van der Waals surface area contributed by atoms with Crippen LogP contribution in [0.5, 0.6) is 0 Å². The van der Waals surface area contributed by atoms with Crippen molar-refractivity contribution < 1.29 is 14.3 Å². The molecule has 0 N–H and O–H groups in total. The standard InChI is InChI=1S/C19H25NO3S/c1-20(2)10-15(21)23-14-9-8-13(22-3)16-17(14)19-12-7-5-4-6-11(12)18(16)24-19/h4-7,13-14,16-19H,8-10H2,1-3H3/t13-,14+,16?,17?,18+,19-/m1/s1. The van der Waals surface area contributed by atoms with Crippen LogP contribution in [-0.4, -0.2) is 50.8 Å². The van der Waals surface area contributed by atoms with E-state index < -0.39 is 0 Å². The second-order valence-electron chi connectivity index (χ2n) is 7.38. The van der Waals surface area contributed by atoms with E-state index >= 15 is 0 Å². The van der Waals surface area contributed by atoms with Gasteiger partial charge in [-0.25, -0.2) is 0 Å². The summed E-state index contributed by atoms with van der Waals surface area (Å²) in [6.07, 6.45) is 2.17. The Morgan fingerprint density at radius 3 is 2.29 bits per heavy atom. The SMILES string of the molecule is CO[C@@H]1CC[C@H](OC(=O)CN(C)C)C2C1[C@H]1S[C@@H]2c2ccccc21. The van der Waals surface area contributed by atoms with Crippen LogP contribution in [0.25, 0.3) is 0 Å². The van der Waals surface area contributed by atoms with E-state index in [1.54, 1.807) is 0 Å². The van der Waals surface area contributed by atoms with E-state index in [-0.39, 0.29) is 18.2 Å². The van der Waals surface area contributed by atoms with Crippen molar-refractivity contribution in [3.05, 3.63) is 35.4 Å². The van der Waals surface area contributed by atoms with Gasteiger partial charge < -0.3 is 9.47 Å². The lowest BCUT2D eigenvalue weighted by Crippen LogP contribution is -2.46. The van der Waals surface area contributed by atoms with Crippen molar-refractivity contribution in [3.8, 4) is 0 Å². The highest BCUT2D eigenvalue weighted by Crippen LogP contribution is 2.69. The molecule has 0 radical (unpaired) electrons. The molecule has 0 spiro atoms. The zero-order valence-electron chi connectivity index (χ0n) is 14.5. The number of carbonyl (C=O) groups excluding carboxylic acids is 1. The molecule has 2 bridgehead atoms. The Labute approximate surface area is 147 Å². The third-order valence-corrected chi connectivity index (χ3v) is 7.39. The summed E-state index contributed by atoms with van der Waals surface area (Å²) in [6, 6.07) is 8.77. The number of hydrogen-bond acceptors (Lipinski definition) is 5. The normalized spacial score (nSPS) is 36.5. The van der Waals surface area contributed by atoms with Gasteiger partial charge in [0.15, 0.2) is 0 Å². The molecule has 2 unspecified atom stereocenters. The fraction of sp³-hybridized carbons (Fsp3) is 0.632. The fourth-order valence-electron chi connectivity index (χ4n) is 4.81. The molecule has 3 aliphatic rings. The van der Waals surface area contributed by atoms with E-state index in [2.05, 4.69) is 24.3 Å². The van der Waals surface area contributed by atoms with Crippen LogP contribution in [0, 0.1) is 11.8 Å². The molecule has 2 aliphatic heterocycles. The van der Waals surface area contributed by atoms with Gasteiger partial charge in [0.2, 0.25) is 0 Å². The Morgan fingerprint density at radius 2 is 1.71 bits per heavy atom. The number of benzene rings is 1. The fourth-order valence-corrected chi connectivity index (χ4v) is 6.92. The van der Waals surface area contributed by atoms with Crippen molar-refractivity contribution in [2.45, 2.75) is 35.5 Å². The van der Waals surface area contributed by atoms with Crippen molar-refractivity contribution in [1.29, 1.82) is 0 Å². The maximum absolute atomic E-state index is 12.2. The number of fused-ring (bicyclic) bond motifs is 8. The molecule has 6 atom stereocenters. The van der Waals surface area contributed by atoms with E-state index in [1.807, 2.05) is 37.9 Å². The van der Waals surface area contributed by atoms with Gasteiger partial charge in [-0.1, -0.05) is 24.3 Å². The van der Waals surface area contributed by atoms with Gasteiger partial charge in [-0.2, -0.15) is 0 Å². The molecular formula is C19H25NO3S. The van der Waals surface area contributed by atoms with E-state index in [0.29, 0.717) is 28.9 Å². The van der Waals surface area contributed by atoms with Gasteiger partial charge in [0, 0.05) is 29.4 Å². The Morgan fingerprint density at radius 1 is 1.12 bits per heavy atom. The van der Waals surface area contributed by atoms with E-state index in [1.165, 1.54) is 11.1 Å². The average molecular weight is 347 g/mol. The number of carbonyl (C=O) groups is 1. The molecule has 2 heterocycles. The predicted molar refractivity (Wildman–Crippen MR) is 95.0 cm³/mol. The van der Waals surface area contributed by atoms with Crippen molar-refractivity contribution in [1.82, 2.24) is 4.90 Å². The Kier molecular flexibility index (Phi) is 4.35. The summed E-state index contributed by atoms with van der Waals surface area (Å²) < 4.78 is 11.8. The number of likely N-dealkylation sites (N-methyl/N-ethyl adjacent to an activating group) is 1. The molecule has 5 heteroatoms. The van der Waals surface area contributed by atoms with Gasteiger partial charge in [-0.05, 0) is 38.1 Å². The highest BCUT2D eigenvalue weighted by molar-refractivity contribution is 8.00. The van der Waals surface area contributed by atoms with Crippen molar-refractivity contribution in [3.63, 3.8) is 0 Å². The van der Waals surface area contributed by atoms with Gasteiger partial charge in [-0.15, -0.1) is 11.8 Å². The molecule has 1 saturated heterocycles. The Bertz CT molecular complexity index is 635.